The van der Waals surface area contributed by atoms with Crippen molar-refractivity contribution in [2.75, 3.05) is 37.6 Å². The number of anilines is 1. The van der Waals surface area contributed by atoms with E-state index in [0.29, 0.717) is 10.9 Å². The molecule has 0 amide bonds. The molecule has 0 atom stereocenters. The van der Waals surface area contributed by atoms with Crippen molar-refractivity contribution < 1.29 is 0 Å². The summed E-state index contributed by atoms with van der Waals surface area (Å²) in [6.07, 6.45) is 1.13. The third-order valence-corrected chi connectivity index (χ3v) is 4.13. The summed E-state index contributed by atoms with van der Waals surface area (Å²) in [5, 5.41) is 0.642. The summed E-state index contributed by atoms with van der Waals surface area (Å²) >= 11 is 11.9. The molecular formula is C15H25Cl2N3. The first kappa shape index (κ1) is 17.5. The Morgan fingerprint density at radius 2 is 1.75 bits per heavy atom. The van der Waals surface area contributed by atoms with Crippen molar-refractivity contribution in [1.29, 1.82) is 0 Å². The Labute approximate surface area is 132 Å². The topological polar surface area (TPSA) is 19.4 Å². The second kappa shape index (κ2) is 9.43. The van der Waals surface area contributed by atoms with Crippen molar-refractivity contribution in [2.24, 2.45) is 0 Å². The van der Waals surface area contributed by atoms with E-state index in [2.05, 4.69) is 35.6 Å². The molecule has 0 radical (unpaired) electrons. The maximum Gasteiger partial charge on any atom is 0.128 e. The highest BCUT2D eigenvalue weighted by Gasteiger charge is 2.09. The molecule has 20 heavy (non-hydrogen) atoms. The Bertz CT molecular complexity index is 395. The van der Waals surface area contributed by atoms with Gasteiger partial charge in [0.25, 0.3) is 0 Å². The summed E-state index contributed by atoms with van der Waals surface area (Å²) in [5.41, 5.74) is 0.757. The van der Waals surface area contributed by atoms with E-state index in [-0.39, 0.29) is 0 Å². The van der Waals surface area contributed by atoms with Gasteiger partial charge < -0.3 is 9.80 Å². The lowest BCUT2D eigenvalue weighted by atomic mass is 10.3. The molecule has 1 aromatic rings. The van der Waals surface area contributed by atoms with Crippen molar-refractivity contribution in [3.05, 3.63) is 22.8 Å². The number of hydrogen-bond acceptors (Lipinski definition) is 3. The van der Waals surface area contributed by atoms with Gasteiger partial charge in [-0.3, -0.25) is 0 Å². The Morgan fingerprint density at radius 3 is 2.30 bits per heavy atom. The van der Waals surface area contributed by atoms with Crippen molar-refractivity contribution >= 4 is 29.0 Å². The van der Waals surface area contributed by atoms with Gasteiger partial charge in [-0.25, -0.2) is 4.98 Å². The van der Waals surface area contributed by atoms with Gasteiger partial charge in [0, 0.05) is 13.1 Å². The number of halogens is 2. The molecular weight excluding hydrogens is 293 g/mol. The average Bonchev–Trinajstić information content (AvgIpc) is 2.48. The molecule has 1 rings (SSSR count). The zero-order valence-electron chi connectivity index (χ0n) is 12.7. The van der Waals surface area contributed by atoms with E-state index < -0.39 is 0 Å². The normalized spacial score (nSPS) is 11.1. The number of alkyl halides is 1. The fourth-order valence-corrected chi connectivity index (χ4v) is 2.65. The minimum atomic E-state index is 0.351. The van der Waals surface area contributed by atoms with Crippen molar-refractivity contribution in [1.82, 2.24) is 9.88 Å². The lowest BCUT2D eigenvalue weighted by Gasteiger charge is -2.25. The Balaban J connectivity index is 2.62. The highest BCUT2D eigenvalue weighted by molar-refractivity contribution is 6.32. The molecule has 0 N–H and O–H groups in total. The van der Waals surface area contributed by atoms with Gasteiger partial charge in [-0.1, -0.05) is 25.4 Å². The average molecular weight is 318 g/mol. The minimum absolute atomic E-state index is 0.351. The Hall–Kier alpha value is -0.510. The van der Waals surface area contributed by atoms with Crippen LogP contribution in [0.4, 0.5) is 5.82 Å². The summed E-state index contributed by atoms with van der Waals surface area (Å²) in [7, 11) is 0. The second-order valence-corrected chi connectivity index (χ2v) is 5.37. The lowest BCUT2D eigenvalue weighted by molar-refractivity contribution is 0.300. The molecule has 1 aromatic heterocycles. The van der Waals surface area contributed by atoms with Gasteiger partial charge in [0.1, 0.15) is 5.82 Å². The van der Waals surface area contributed by atoms with E-state index in [1.165, 1.54) is 0 Å². The minimum Gasteiger partial charge on any atom is -0.357 e. The molecule has 0 unspecified atom stereocenters. The SMILES string of the molecule is CCN(CC)CCCN(CC)c1ccc(Cl)c(CCl)n1. The molecule has 0 aliphatic heterocycles. The number of pyridine rings is 1. The van der Waals surface area contributed by atoms with Crippen LogP contribution in [-0.4, -0.2) is 42.6 Å². The highest BCUT2D eigenvalue weighted by atomic mass is 35.5. The van der Waals surface area contributed by atoms with Crippen LogP contribution in [0.1, 0.15) is 32.9 Å². The van der Waals surface area contributed by atoms with E-state index in [1.54, 1.807) is 0 Å². The van der Waals surface area contributed by atoms with Gasteiger partial charge in [-0.15, -0.1) is 11.6 Å². The van der Waals surface area contributed by atoms with Gasteiger partial charge in [0.05, 0.1) is 16.6 Å². The molecule has 0 aliphatic rings. The smallest absolute Gasteiger partial charge is 0.128 e. The summed E-state index contributed by atoms with van der Waals surface area (Å²) < 4.78 is 0. The Kier molecular flexibility index (Phi) is 8.27. The largest absolute Gasteiger partial charge is 0.357 e. The maximum absolute atomic E-state index is 6.06. The van der Waals surface area contributed by atoms with Crippen LogP contribution < -0.4 is 4.90 Å². The number of aromatic nitrogens is 1. The summed E-state index contributed by atoms with van der Waals surface area (Å²) in [6, 6.07) is 3.86. The van der Waals surface area contributed by atoms with Gasteiger partial charge in [-0.2, -0.15) is 0 Å². The fourth-order valence-electron chi connectivity index (χ4n) is 2.20. The molecule has 0 saturated heterocycles. The molecule has 3 nitrogen and oxygen atoms in total. The Morgan fingerprint density at radius 1 is 1.05 bits per heavy atom. The summed E-state index contributed by atoms with van der Waals surface area (Å²) in [6.45, 7) is 11.8. The first-order valence-electron chi connectivity index (χ1n) is 7.34. The second-order valence-electron chi connectivity index (χ2n) is 4.69. The van der Waals surface area contributed by atoms with E-state index in [4.69, 9.17) is 23.2 Å². The number of nitrogens with zero attached hydrogens (tertiary/aromatic N) is 3. The first-order valence-corrected chi connectivity index (χ1v) is 8.26. The van der Waals surface area contributed by atoms with Crippen LogP contribution >= 0.6 is 23.2 Å². The van der Waals surface area contributed by atoms with E-state index in [0.717, 1.165) is 50.7 Å². The van der Waals surface area contributed by atoms with Gasteiger partial charge in [-0.05, 0) is 45.1 Å². The van der Waals surface area contributed by atoms with E-state index >= 15 is 0 Å². The molecule has 0 bridgehead atoms. The fraction of sp³-hybridized carbons (Fsp3) is 0.667. The maximum atomic E-state index is 6.06. The molecule has 114 valence electrons. The van der Waals surface area contributed by atoms with E-state index in [1.807, 2.05) is 12.1 Å². The number of hydrogen-bond donors (Lipinski definition) is 0. The molecule has 0 aromatic carbocycles. The number of rotatable bonds is 9. The van der Waals surface area contributed by atoms with Crippen LogP contribution in [0.25, 0.3) is 0 Å². The van der Waals surface area contributed by atoms with Crippen LogP contribution in [0.5, 0.6) is 0 Å². The van der Waals surface area contributed by atoms with E-state index in [9.17, 15) is 0 Å². The highest BCUT2D eigenvalue weighted by Crippen LogP contribution is 2.20. The predicted molar refractivity (Wildman–Crippen MR) is 89.1 cm³/mol. The molecule has 0 spiro atoms. The van der Waals surface area contributed by atoms with Gasteiger partial charge in [0.15, 0.2) is 0 Å². The monoisotopic (exact) mass is 317 g/mol. The summed E-state index contributed by atoms with van der Waals surface area (Å²) in [5.74, 6) is 1.32. The first-order chi connectivity index (χ1) is 9.65. The standard InChI is InChI=1S/C15H25Cl2N3/c1-4-19(5-2)10-7-11-20(6-3)15-9-8-13(17)14(12-16)18-15/h8-9H,4-7,10-12H2,1-3H3. The molecule has 0 aliphatic carbocycles. The third kappa shape index (κ3) is 5.12. The van der Waals surface area contributed by atoms with Gasteiger partial charge >= 0.3 is 0 Å². The third-order valence-electron chi connectivity index (χ3n) is 3.53. The quantitative estimate of drug-likeness (QED) is 0.641. The molecule has 0 saturated carbocycles. The van der Waals surface area contributed by atoms with Crippen LogP contribution in [0.15, 0.2) is 12.1 Å². The predicted octanol–water partition coefficient (Wildman–Crippen LogP) is 4.03. The zero-order chi connectivity index (χ0) is 15.0. The summed E-state index contributed by atoms with van der Waals surface area (Å²) in [4.78, 5) is 9.26. The lowest BCUT2D eigenvalue weighted by Crippen LogP contribution is -2.30. The van der Waals surface area contributed by atoms with Crippen molar-refractivity contribution in [3.63, 3.8) is 0 Å². The van der Waals surface area contributed by atoms with Gasteiger partial charge in [0.2, 0.25) is 0 Å². The molecule has 1 heterocycles. The zero-order valence-corrected chi connectivity index (χ0v) is 14.2. The van der Waals surface area contributed by atoms with Crippen LogP contribution in [0, 0.1) is 0 Å². The van der Waals surface area contributed by atoms with Crippen LogP contribution in [0.2, 0.25) is 5.02 Å². The van der Waals surface area contributed by atoms with Crippen molar-refractivity contribution in [2.45, 2.75) is 33.1 Å². The molecule has 0 fully saturated rings. The van der Waals surface area contributed by atoms with Crippen LogP contribution in [-0.2, 0) is 5.88 Å². The van der Waals surface area contributed by atoms with Crippen LogP contribution in [0.3, 0.4) is 0 Å². The molecule has 5 heteroatoms. The van der Waals surface area contributed by atoms with Crippen molar-refractivity contribution in [3.8, 4) is 0 Å².